The van der Waals surface area contributed by atoms with Gasteiger partial charge < -0.3 is 25.7 Å². The molecule has 5 N–H and O–H groups in total. The minimum atomic E-state index is -4.68. The Bertz CT molecular complexity index is 1420. The molecule has 1 aromatic heterocycles. The molecule has 0 aliphatic carbocycles. The number of hydrogen-bond donors (Lipinski definition) is 5. The van der Waals surface area contributed by atoms with E-state index in [0.717, 1.165) is 0 Å². The number of alkyl halides is 3. The van der Waals surface area contributed by atoms with Crippen LogP contribution in [0.2, 0.25) is 0 Å². The second-order valence-corrected chi connectivity index (χ2v) is 7.37. The lowest BCUT2D eigenvalue weighted by Crippen LogP contribution is -2.24. The van der Waals surface area contributed by atoms with Gasteiger partial charge in [-0.05, 0) is 54.6 Å². The molecule has 0 unspecified atom stereocenters. The lowest BCUT2D eigenvalue weighted by atomic mass is 10.2. The molecule has 186 valence electrons. The quantitative estimate of drug-likeness (QED) is 0.218. The minimum absolute atomic E-state index is 0.264. The van der Waals surface area contributed by atoms with E-state index in [-0.39, 0.29) is 5.95 Å². The van der Waals surface area contributed by atoms with Crippen LogP contribution in [0.3, 0.4) is 0 Å². The van der Waals surface area contributed by atoms with Gasteiger partial charge in [0.2, 0.25) is 5.95 Å². The van der Waals surface area contributed by atoms with Crippen molar-refractivity contribution in [2.75, 3.05) is 23.0 Å². The van der Waals surface area contributed by atoms with Gasteiger partial charge in [-0.15, -0.1) is 0 Å². The third-order valence-electron chi connectivity index (χ3n) is 4.80. The van der Waals surface area contributed by atoms with Gasteiger partial charge >= 0.3 is 18.2 Å². The monoisotopic (exact) mass is 502 g/mol. The number of hydrogen-bond acceptors (Lipinski definition) is 4. The molecular weight excluding hydrogens is 484 g/mol. The molecule has 0 bridgehead atoms. The number of ether oxygens (including phenoxy) is 1. The van der Waals surface area contributed by atoms with Gasteiger partial charge in [-0.3, -0.25) is 5.32 Å². The number of nitrogens with one attached hydrogen (secondary N) is 5. The lowest BCUT2D eigenvalue weighted by molar-refractivity contribution is -0.137. The Morgan fingerprint density at radius 3 is 2.31 bits per heavy atom. The summed E-state index contributed by atoms with van der Waals surface area (Å²) in [5, 5.41) is 9.42. The number of anilines is 3. The summed E-state index contributed by atoms with van der Waals surface area (Å²) in [7, 11) is 1.48. The summed E-state index contributed by atoms with van der Waals surface area (Å²) in [6.45, 7) is 0. The lowest BCUT2D eigenvalue weighted by Gasteiger charge is -2.12. The molecule has 4 amide bonds. The summed E-state index contributed by atoms with van der Waals surface area (Å²) in [6, 6.07) is 11.5. The van der Waals surface area contributed by atoms with Crippen molar-refractivity contribution >= 4 is 40.4 Å². The summed E-state index contributed by atoms with van der Waals surface area (Å²) in [6.07, 6.45) is -4.68. The molecule has 9 nitrogen and oxygen atoms in total. The van der Waals surface area contributed by atoms with E-state index in [1.165, 1.54) is 19.2 Å². The van der Waals surface area contributed by atoms with E-state index in [9.17, 15) is 27.2 Å². The van der Waals surface area contributed by atoms with Crippen molar-refractivity contribution in [2.45, 2.75) is 6.18 Å². The van der Waals surface area contributed by atoms with Crippen LogP contribution in [0.5, 0.6) is 11.5 Å². The van der Waals surface area contributed by atoms with Crippen LogP contribution in [-0.2, 0) is 6.18 Å². The molecule has 0 aliphatic rings. The van der Waals surface area contributed by atoms with Crippen molar-refractivity contribution in [3.8, 4) is 11.5 Å². The summed E-state index contributed by atoms with van der Waals surface area (Å²) < 4.78 is 58.1. The molecule has 0 aliphatic heterocycles. The summed E-state index contributed by atoms with van der Waals surface area (Å²) in [5.41, 5.74) is -0.175. The number of urea groups is 2. The van der Waals surface area contributed by atoms with Crippen molar-refractivity contribution < 1.29 is 31.9 Å². The number of aromatic nitrogens is 2. The van der Waals surface area contributed by atoms with Gasteiger partial charge in [0, 0.05) is 18.8 Å². The average Bonchev–Trinajstić information content (AvgIpc) is 3.22. The van der Waals surface area contributed by atoms with Crippen LogP contribution < -0.4 is 26.0 Å². The number of carbonyl (C=O) groups excluding carboxylic acids is 2. The maximum absolute atomic E-state index is 13.8. The molecule has 4 rings (SSSR count). The largest absolute Gasteiger partial charge is 0.457 e. The summed E-state index contributed by atoms with van der Waals surface area (Å²) >= 11 is 0. The highest BCUT2D eigenvalue weighted by Crippen LogP contribution is 2.32. The van der Waals surface area contributed by atoms with E-state index in [4.69, 9.17) is 4.74 Å². The zero-order chi connectivity index (χ0) is 25.9. The predicted molar refractivity (Wildman–Crippen MR) is 125 cm³/mol. The van der Waals surface area contributed by atoms with Crippen LogP contribution in [0, 0.1) is 5.82 Å². The van der Waals surface area contributed by atoms with E-state index in [0.29, 0.717) is 46.4 Å². The molecule has 0 fully saturated rings. The van der Waals surface area contributed by atoms with Crippen LogP contribution >= 0.6 is 0 Å². The van der Waals surface area contributed by atoms with Gasteiger partial charge in [0.15, 0.2) is 0 Å². The number of fused-ring (bicyclic) bond motifs is 1. The van der Waals surface area contributed by atoms with Gasteiger partial charge in [0.25, 0.3) is 0 Å². The van der Waals surface area contributed by atoms with Crippen molar-refractivity contribution in [3.05, 3.63) is 72.0 Å². The summed E-state index contributed by atoms with van der Waals surface area (Å²) in [5.74, 6) is 0.149. The zero-order valence-corrected chi connectivity index (χ0v) is 18.5. The number of halogens is 4. The molecular formula is C23H18F4N6O3. The molecule has 0 radical (unpaired) electrons. The Kier molecular flexibility index (Phi) is 6.63. The normalized spacial score (nSPS) is 11.1. The number of rotatable bonds is 5. The van der Waals surface area contributed by atoms with E-state index in [2.05, 4.69) is 31.2 Å². The Labute approximate surface area is 200 Å². The fourth-order valence-corrected chi connectivity index (χ4v) is 3.11. The molecule has 0 saturated heterocycles. The molecule has 36 heavy (non-hydrogen) atoms. The number of nitrogens with zero attached hydrogens (tertiary/aromatic N) is 1. The van der Waals surface area contributed by atoms with Crippen LogP contribution in [0.1, 0.15) is 5.56 Å². The number of H-pyrrole nitrogens is 1. The third kappa shape index (κ3) is 5.81. The SMILES string of the molecule is CNC(=O)Nc1nc2ccc(Oc3ccc(NC(=O)Nc4cc(C(F)(F)F)ccc4F)cc3)cc2[nH]1. The molecule has 4 aromatic rings. The third-order valence-corrected chi connectivity index (χ3v) is 4.80. The highest BCUT2D eigenvalue weighted by Gasteiger charge is 2.31. The van der Waals surface area contributed by atoms with E-state index in [1.807, 2.05) is 0 Å². The van der Waals surface area contributed by atoms with Gasteiger partial charge in [-0.1, -0.05) is 0 Å². The Morgan fingerprint density at radius 1 is 0.889 bits per heavy atom. The maximum Gasteiger partial charge on any atom is 0.416 e. The zero-order valence-electron chi connectivity index (χ0n) is 18.5. The second-order valence-electron chi connectivity index (χ2n) is 7.37. The van der Waals surface area contributed by atoms with E-state index < -0.39 is 35.3 Å². The van der Waals surface area contributed by atoms with Crippen molar-refractivity contribution in [3.63, 3.8) is 0 Å². The van der Waals surface area contributed by atoms with Crippen LogP contribution in [0.15, 0.2) is 60.7 Å². The highest BCUT2D eigenvalue weighted by atomic mass is 19.4. The fraction of sp³-hybridized carbons (Fsp3) is 0.0870. The Hall–Kier alpha value is -4.81. The number of carbonyl (C=O) groups is 2. The van der Waals surface area contributed by atoms with Gasteiger partial charge in [-0.25, -0.2) is 19.0 Å². The first-order valence-corrected chi connectivity index (χ1v) is 10.3. The maximum atomic E-state index is 13.8. The van der Waals surface area contributed by atoms with Gasteiger partial charge in [0.1, 0.15) is 17.3 Å². The van der Waals surface area contributed by atoms with Crippen LogP contribution in [0.4, 0.5) is 44.5 Å². The topological polar surface area (TPSA) is 120 Å². The van der Waals surface area contributed by atoms with Crippen molar-refractivity contribution in [2.24, 2.45) is 0 Å². The number of benzene rings is 3. The molecule has 13 heteroatoms. The van der Waals surface area contributed by atoms with Crippen molar-refractivity contribution in [1.29, 1.82) is 0 Å². The smallest absolute Gasteiger partial charge is 0.416 e. The standard InChI is InChI=1S/C23H18F4N6O3/c1-28-21(34)33-20-30-17-9-7-15(11-19(17)31-20)36-14-5-3-13(4-6-14)29-22(35)32-18-10-12(23(25,26)27)2-8-16(18)24/h2-11H,1H3,(H2,29,32,35)(H3,28,30,31,33,34). The fourth-order valence-electron chi connectivity index (χ4n) is 3.11. The summed E-state index contributed by atoms with van der Waals surface area (Å²) in [4.78, 5) is 30.7. The van der Waals surface area contributed by atoms with Crippen LogP contribution in [0.25, 0.3) is 11.0 Å². The van der Waals surface area contributed by atoms with E-state index >= 15 is 0 Å². The van der Waals surface area contributed by atoms with Gasteiger partial charge in [0.05, 0.1) is 22.3 Å². The average molecular weight is 502 g/mol. The molecule has 0 saturated carbocycles. The first kappa shape index (κ1) is 24.3. The second kappa shape index (κ2) is 9.82. The number of imidazole rings is 1. The Balaban J connectivity index is 1.39. The van der Waals surface area contributed by atoms with E-state index in [1.54, 1.807) is 30.3 Å². The number of amides is 4. The first-order chi connectivity index (χ1) is 17.1. The van der Waals surface area contributed by atoms with Crippen LogP contribution in [-0.4, -0.2) is 29.1 Å². The van der Waals surface area contributed by atoms with Crippen molar-refractivity contribution in [1.82, 2.24) is 15.3 Å². The predicted octanol–water partition coefficient (Wildman–Crippen LogP) is 5.91. The first-order valence-electron chi connectivity index (χ1n) is 10.3. The molecule has 0 atom stereocenters. The molecule has 3 aromatic carbocycles. The molecule has 1 heterocycles. The number of aromatic amines is 1. The Morgan fingerprint density at radius 2 is 1.61 bits per heavy atom. The van der Waals surface area contributed by atoms with Gasteiger partial charge in [-0.2, -0.15) is 13.2 Å². The highest BCUT2D eigenvalue weighted by molar-refractivity contribution is 6.00. The minimum Gasteiger partial charge on any atom is -0.457 e. The molecule has 0 spiro atoms.